The lowest BCUT2D eigenvalue weighted by Gasteiger charge is -2.24. The van der Waals surface area contributed by atoms with Crippen LogP contribution < -0.4 is 21.3 Å². The Kier molecular flexibility index (Phi) is 30.5. The summed E-state index contributed by atoms with van der Waals surface area (Å²) in [5.41, 5.74) is 0. The summed E-state index contributed by atoms with van der Waals surface area (Å²) in [6, 6.07) is -1.40. The molecule has 0 spiro atoms. The quantitative estimate of drug-likeness (QED) is 0.0490. The molecule has 0 aromatic heterocycles. The Morgan fingerprint density at radius 1 is 0.481 bits per heavy atom. The van der Waals surface area contributed by atoms with Gasteiger partial charge in [0.15, 0.2) is 5.78 Å². The molecule has 0 aliphatic carbocycles. The van der Waals surface area contributed by atoms with E-state index < -0.39 is 12.1 Å². The lowest BCUT2D eigenvalue weighted by atomic mass is 9.94. The van der Waals surface area contributed by atoms with Crippen molar-refractivity contribution in [1.82, 2.24) is 21.3 Å². The molecular weight excluding hydrogens is 652 g/mol. The van der Waals surface area contributed by atoms with Gasteiger partial charge < -0.3 is 21.3 Å². The molecule has 0 saturated carbocycles. The van der Waals surface area contributed by atoms with Crippen LogP contribution in [0, 0.1) is 23.7 Å². The number of unbranched alkanes of at least 4 members (excludes halogenated alkanes) is 5. The van der Waals surface area contributed by atoms with E-state index in [0.717, 1.165) is 70.6 Å². The van der Waals surface area contributed by atoms with Crippen molar-refractivity contribution >= 4 is 29.4 Å². The molecule has 0 rings (SSSR count). The predicted molar refractivity (Wildman–Crippen MR) is 216 cm³/mol. The van der Waals surface area contributed by atoms with Crippen molar-refractivity contribution in [2.75, 3.05) is 13.1 Å². The van der Waals surface area contributed by atoms with Crippen molar-refractivity contribution in [3.63, 3.8) is 0 Å². The van der Waals surface area contributed by atoms with Crippen molar-refractivity contribution in [2.45, 2.75) is 209 Å². The van der Waals surface area contributed by atoms with Gasteiger partial charge >= 0.3 is 0 Å². The molecule has 4 N–H and O–H groups in total. The predicted octanol–water partition coefficient (Wildman–Crippen LogP) is 8.96. The minimum atomic E-state index is -0.746. The van der Waals surface area contributed by atoms with Crippen LogP contribution in [0.25, 0.3) is 0 Å². The highest BCUT2D eigenvalue weighted by atomic mass is 16.2. The fourth-order valence-corrected chi connectivity index (χ4v) is 6.57. The molecule has 0 aromatic carbocycles. The summed E-state index contributed by atoms with van der Waals surface area (Å²) in [6.45, 7) is 18.0. The number of nitrogens with one attached hydrogen (secondary N) is 4. The van der Waals surface area contributed by atoms with E-state index in [1.165, 1.54) is 19.3 Å². The van der Waals surface area contributed by atoms with Gasteiger partial charge in [-0.15, -0.1) is 0 Å². The van der Waals surface area contributed by atoms with Crippen molar-refractivity contribution in [1.29, 1.82) is 0 Å². The summed E-state index contributed by atoms with van der Waals surface area (Å²) < 4.78 is 0. The van der Waals surface area contributed by atoms with Crippen LogP contribution in [0.3, 0.4) is 0 Å². The molecule has 52 heavy (non-hydrogen) atoms. The first kappa shape index (κ1) is 49.6. The van der Waals surface area contributed by atoms with Gasteiger partial charge in [0.05, 0.1) is 6.04 Å². The molecule has 0 saturated heterocycles. The van der Waals surface area contributed by atoms with E-state index in [0.29, 0.717) is 82.2 Å². The van der Waals surface area contributed by atoms with Crippen LogP contribution in [0.4, 0.5) is 0 Å². The Balaban J connectivity index is 5.13. The van der Waals surface area contributed by atoms with Crippen molar-refractivity contribution < 1.29 is 24.0 Å². The molecule has 0 fully saturated rings. The summed E-state index contributed by atoms with van der Waals surface area (Å²) in [7, 11) is 0. The molecular formula is C43H82N4O5. The highest BCUT2D eigenvalue weighted by Crippen LogP contribution is 2.19. The molecule has 4 atom stereocenters. The van der Waals surface area contributed by atoms with Gasteiger partial charge in [0.1, 0.15) is 6.04 Å². The Hall–Kier alpha value is -2.45. The van der Waals surface area contributed by atoms with Gasteiger partial charge in [0, 0.05) is 38.3 Å². The maximum absolute atomic E-state index is 13.7. The van der Waals surface area contributed by atoms with Gasteiger partial charge in [-0.2, -0.15) is 0 Å². The monoisotopic (exact) mass is 735 g/mol. The van der Waals surface area contributed by atoms with Crippen molar-refractivity contribution in [2.24, 2.45) is 23.7 Å². The topological polar surface area (TPSA) is 133 Å². The molecule has 9 nitrogen and oxygen atoms in total. The summed E-state index contributed by atoms with van der Waals surface area (Å²) in [5.74, 6) is 1.42. The maximum atomic E-state index is 13.7. The Bertz CT molecular complexity index is 969. The van der Waals surface area contributed by atoms with Crippen LogP contribution in [-0.2, 0) is 24.0 Å². The highest BCUT2D eigenvalue weighted by Gasteiger charge is 2.27. The summed E-state index contributed by atoms with van der Waals surface area (Å²) in [6.07, 6.45) is 18.9. The van der Waals surface area contributed by atoms with Crippen LogP contribution in [0.15, 0.2) is 0 Å². The number of Topliss-reactive ketones (excluding diaryl/α,β-unsaturated/α-hetero) is 1. The average molecular weight is 735 g/mol. The SMILES string of the molecule is CCCC(CC)CCCCC(=O)NC(CCCCNC(=O)CCCCC(C)CC)C(=O)NC(CCCCNC(=O)CCCCC(C)C)C(=O)C(C)C. The first-order valence-corrected chi connectivity index (χ1v) is 21.5. The van der Waals surface area contributed by atoms with Gasteiger partial charge in [0.2, 0.25) is 23.6 Å². The molecule has 304 valence electrons. The van der Waals surface area contributed by atoms with Crippen LogP contribution in [0.5, 0.6) is 0 Å². The number of rotatable bonds is 34. The Morgan fingerprint density at radius 3 is 1.48 bits per heavy atom. The summed E-state index contributed by atoms with van der Waals surface area (Å²) in [5, 5.41) is 12.0. The normalized spacial score (nSPS) is 13.7. The lowest BCUT2D eigenvalue weighted by molar-refractivity contribution is -0.132. The van der Waals surface area contributed by atoms with E-state index in [9.17, 15) is 24.0 Å². The fraction of sp³-hybridized carbons (Fsp3) is 0.884. The van der Waals surface area contributed by atoms with E-state index in [4.69, 9.17) is 0 Å². The highest BCUT2D eigenvalue weighted by molar-refractivity contribution is 5.93. The number of hydrogen-bond donors (Lipinski definition) is 4. The minimum Gasteiger partial charge on any atom is -0.356 e. The number of carbonyl (C=O) groups is 5. The van der Waals surface area contributed by atoms with Gasteiger partial charge in [0.25, 0.3) is 0 Å². The zero-order chi connectivity index (χ0) is 39.1. The molecule has 0 aliphatic rings. The maximum Gasteiger partial charge on any atom is 0.243 e. The van der Waals surface area contributed by atoms with Gasteiger partial charge in [-0.05, 0) is 75.5 Å². The molecule has 4 amide bonds. The molecule has 0 aliphatic heterocycles. The van der Waals surface area contributed by atoms with Crippen molar-refractivity contribution in [3.05, 3.63) is 0 Å². The minimum absolute atomic E-state index is 0.0305. The van der Waals surface area contributed by atoms with Crippen LogP contribution >= 0.6 is 0 Å². The summed E-state index contributed by atoms with van der Waals surface area (Å²) in [4.78, 5) is 64.4. The largest absolute Gasteiger partial charge is 0.356 e. The van der Waals surface area contributed by atoms with Crippen LogP contribution in [0.1, 0.15) is 197 Å². The van der Waals surface area contributed by atoms with E-state index in [-0.39, 0.29) is 35.3 Å². The number of hydrogen-bond acceptors (Lipinski definition) is 5. The second kappa shape index (κ2) is 32.0. The zero-order valence-electron chi connectivity index (χ0n) is 35.0. The molecule has 4 unspecified atom stereocenters. The zero-order valence-corrected chi connectivity index (χ0v) is 35.0. The van der Waals surface area contributed by atoms with Gasteiger partial charge in [-0.1, -0.05) is 120 Å². The standard InChI is InChI=1S/C43H82N4O5/c1-9-22-36(11-3)25-14-17-30-41(50)46-38(27-19-21-32-45-40(49)29-16-13-24-35(8)10-2)43(52)47-37(42(51)34(6)7)26-18-20-31-44-39(48)28-15-12-23-33(4)5/h33-38H,9-32H2,1-8H3,(H,44,48)(H,45,49)(H,46,50)(H,47,52). The molecule has 0 radical (unpaired) electrons. The third kappa shape index (κ3) is 27.2. The first-order chi connectivity index (χ1) is 24.8. The van der Waals surface area contributed by atoms with E-state index >= 15 is 0 Å². The van der Waals surface area contributed by atoms with E-state index in [1.54, 1.807) is 0 Å². The van der Waals surface area contributed by atoms with Gasteiger partial charge in [-0.25, -0.2) is 0 Å². The van der Waals surface area contributed by atoms with E-state index in [2.05, 4.69) is 62.8 Å². The molecule has 9 heteroatoms. The smallest absolute Gasteiger partial charge is 0.243 e. The number of carbonyl (C=O) groups excluding carboxylic acids is 5. The van der Waals surface area contributed by atoms with Crippen LogP contribution in [-0.4, -0.2) is 54.6 Å². The van der Waals surface area contributed by atoms with E-state index in [1.807, 2.05) is 13.8 Å². The Labute approximate surface area is 319 Å². The molecule has 0 bridgehead atoms. The van der Waals surface area contributed by atoms with Gasteiger partial charge in [-0.3, -0.25) is 24.0 Å². The Morgan fingerprint density at radius 2 is 0.981 bits per heavy atom. The summed E-state index contributed by atoms with van der Waals surface area (Å²) >= 11 is 0. The second-order valence-corrected chi connectivity index (χ2v) is 16.1. The van der Waals surface area contributed by atoms with Crippen molar-refractivity contribution in [3.8, 4) is 0 Å². The first-order valence-electron chi connectivity index (χ1n) is 21.5. The molecule has 0 aromatic rings. The third-order valence-corrected chi connectivity index (χ3v) is 10.4. The fourth-order valence-electron chi connectivity index (χ4n) is 6.57. The average Bonchev–Trinajstić information content (AvgIpc) is 3.11. The van der Waals surface area contributed by atoms with Crippen LogP contribution in [0.2, 0.25) is 0 Å². The number of amides is 4. The number of ketones is 1. The third-order valence-electron chi connectivity index (χ3n) is 10.4. The second-order valence-electron chi connectivity index (χ2n) is 16.1. The lowest BCUT2D eigenvalue weighted by Crippen LogP contribution is -2.52. The molecule has 0 heterocycles.